The van der Waals surface area contributed by atoms with E-state index in [-0.39, 0.29) is 0 Å². The standard InChI is InChI=1S/C20H18NOP.2ClH.Ti/c1-21-14-17-9-5-6-10-19(17)23-20-13-16(11-12-18(20)22)15-7-3-2-4-8-15;;;/h2-14,22-23H,1H3;2*1H;/q;;;+2/p-2. The van der Waals surface area contributed by atoms with Gasteiger partial charge in [0.25, 0.3) is 0 Å². The molecule has 0 saturated heterocycles. The van der Waals surface area contributed by atoms with Crippen LogP contribution in [0.3, 0.4) is 0 Å². The van der Waals surface area contributed by atoms with Gasteiger partial charge in [0.05, 0.1) is 0 Å². The van der Waals surface area contributed by atoms with Crippen molar-refractivity contribution in [1.82, 2.24) is 0 Å². The van der Waals surface area contributed by atoms with Gasteiger partial charge in [-0.25, -0.2) is 0 Å². The SMILES string of the molecule is CN=Cc1ccccc1Pc1cc(-c2ccccc2)ccc1O.[Cl][Ti][Cl]. The van der Waals surface area contributed by atoms with Gasteiger partial charge >= 0.3 is 35.6 Å². The van der Waals surface area contributed by atoms with Crippen LogP contribution in [0.2, 0.25) is 0 Å². The number of halogens is 2. The van der Waals surface area contributed by atoms with Crippen molar-refractivity contribution in [2.75, 3.05) is 7.05 Å². The molecule has 3 aromatic rings. The third-order valence-electron chi connectivity index (χ3n) is 3.60. The molecule has 0 aliphatic heterocycles. The van der Waals surface area contributed by atoms with Crippen LogP contribution in [0, 0.1) is 0 Å². The Morgan fingerprint density at radius 3 is 2.23 bits per heavy atom. The number of hydrogen-bond acceptors (Lipinski definition) is 2. The Bertz CT molecular complexity index is 859. The summed E-state index contributed by atoms with van der Waals surface area (Å²) in [5.74, 6) is 0.339. The van der Waals surface area contributed by atoms with E-state index in [1.54, 1.807) is 13.1 Å². The second-order valence-electron chi connectivity index (χ2n) is 5.27. The molecule has 0 bridgehead atoms. The van der Waals surface area contributed by atoms with Crippen LogP contribution in [0.25, 0.3) is 11.1 Å². The van der Waals surface area contributed by atoms with Crippen LogP contribution < -0.4 is 10.6 Å². The molecule has 6 heteroatoms. The number of benzene rings is 3. The third kappa shape index (κ3) is 6.23. The Balaban J connectivity index is 0.000000758. The van der Waals surface area contributed by atoms with Gasteiger partial charge in [-0.05, 0) is 34.1 Å². The summed E-state index contributed by atoms with van der Waals surface area (Å²) in [6.07, 6.45) is 1.86. The van der Waals surface area contributed by atoms with Crippen LogP contribution in [0.4, 0.5) is 0 Å². The molecular formula is C20H18Cl2NOPTi. The topological polar surface area (TPSA) is 32.6 Å². The van der Waals surface area contributed by atoms with E-state index in [0.29, 0.717) is 14.3 Å². The first kappa shape index (κ1) is 21.2. The second-order valence-corrected chi connectivity index (χ2v) is 9.18. The van der Waals surface area contributed by atoms with Gasteiger partial charge in [0.1, 0.15) is 5.75 Å². The first-order valence-electron chi connectivity index (χ1n) is 7.82. The molecule has 1 N–H and O–H groups in total. The Hall–Kier alpha value is -1.15. The van der Waals surface area contributed by atoms with E-state index in [1.807, 2.05) is 48.7 Å². The molecule has 0 saturated carbocycles. The molecule has 0 fully saturated rings. The summed E-state index contributed by atoms with van der Waals surface area (Å²) in [6, 6.07) is 24.2. The Kier molecular flexibility index (Phi) is 9.39. The zero-order valence-electron chi connectivity index (χ0n) is 14.2. The molecule has 0 aliphatic rings. The van der Waals surface area contributed by atoms with Gasteiger partial charge in [-0.1, -0.05) is 69.2 Å². The predicted molar refractivity (Wildman–Crippen MR) is 113 cm³/mol. The van der Waals surface area contributed by atoms with Gasteiger partial charge in [0, 0.05) is 18.6 Å². The van der Waals surface area contributed by atoms with Gasteiger partial charge in [-0.2, -0.15) is 0 Å². The van der Waals surface area contributed by atoms with Crippen molar-refractivity contribution in [3.63, 3.8) is 0 Å². The fraction of sp³-hybridized carbons (Fsp3) is 0.0500. The van der Waals surface area contributed by atoms with Crippen molar-refractivity contribution in [1.29, 1.82) is 0 Å². The molecule has 0 heterocycles. The summed E-state index contributed by atoms with van der Waals surface area (Å²) >= 11 is -0.556. The van der Waals surface area contributed by atoms with Crippen LogP contribution in [0.1, 0.15) is 5.56 Å². The van der Waals surface area contributed by atoms with E-state index in [9.17, 15) is 5.11 Å². The summed E-state index contributed by atoms with van der Waals surface area (Å²) in [6.45, 7) is 0. The maximum atomic E-state index is 10.2. The molecule has 3 rings (SSSR count). The summed E-state index contributed by atoms with van der Waals surface area (Å²) in [7, 11) is 11.9. The maximum absolute atomic E-state index is 10.2. The molecule has 1 unspecified atom stereocenters. The van der Waals surface area contributed by atoms with Crippen molar-refractivity contribution >= 4 is 44.0 Å². The molecular weight excluding hydrogens is 420 g/mol. The number of aromatic hydroxyl groups is 1. The zero-order chi connectivity index (χ0) is 18.8. The van der Waals surface area contributed by atoms with Gasteiger partial charge < -0.3 is 5.11 Å². The van der Waals surface area contributed by atoms with Gasteiger partial charge in [-0.15, -0.1) is 0 Å². The molecule has 0 radical (unpaired) electrons. The Morgan fingerprint density at radius 2 is 1.54 bits per heavy atom. The molecule has 26 heavy (non-hydrogen) atoms. The first-order chi connectivity index (χ1) is 12.7. The van der Waals surface area contributed by atoms with Crippen molar-refractivity contribution in [2.45, 2.75) is 0 Å². The fourth-order valence-corrected chi connectivity index (χ4v) is 3.65. The summed E-state index contributed by atoms with van der Waals surface area (Å²) < 4.78 is 0. The average Bonchev–Trinajstić information content (AvgIpc) is 2.67. The van der Waals surface area contributed by atoms with Crippen LogP contribution in [0.15, 0.2) is 77.8 Å². The van der Waals surface area contributed by atoms with E-state index in [4.69, 9.17) is 18.6 Å². The van der Waals surface area contributed by atoms with E-state index in [2.05, 4.69) is 29.3 Å². The Labute approximate surface area is 172 Å². The third-order valence-corrected chi connectivity index (χ3v) is 5.00. The van der Waals surface area contributed by atoms with Gasteiger partial charge in [0.15, 0.2) is 0 Å². The molecule has 0 aliphatic carbocycles. The summed E-state index contributed by atoms with van der Waals surface area (Å²) in [5, 5.41) is 12.4. The molecule has 1 atom stereocenters. The van der Waals surface area contributed by atoms with Gasteiger partial charge in [-0.3, -0.25) is 4.99 Å². The number of rotatable bonds is 4. The quantitative estimate of drug-likeness (QED) is 0.343. The van der Waals surface area contributed by atoms with Crippen molar-refractivity contribution in [3.05, 3.63) is 78.4 Å². The van der Waals surface area contributed by atoms with Crippen LogP contribution in [-0.4, -0.2) is 18.4 Å². The van der Waals surface area contributed by atoms with Crippen molar-refractivity contribution in [3.8, 4) is 16.9 Å². The number of nitrogens with zero attached hydrogens (tertiary/aromatic N) is 1. The number of phenols is 1. The van der Waals surface area contributed by atoms with Crippen LogP contribution in [-0.2, 0) is 17.0 Å². The number of hydrogen-bond donors (Lipinski definition) is 1. The van der Waals surface area contributed by atoms with Crippen LogP contribution in [0.5, 0.6) is 5.75 Å². The number of aliphatic imine (C=N–C) groups is 1. The predicted octanol–water partition coefficient (Wildman–Crippen LogP) is 5.11. The first-order valence-corrected chi connectivity index (χ1v) is 13.1. The molecule has 0 aromatic heterocycles. The second kappa shape index (κ2) is 11.5. The van der Waals surface area contributed by atoms with Crippen molar-refractivity contribution < 1.29 is 22.1 Å². The molecule has 0 spiro atoms. The van der Waals surface area contributed by atoms with Gasteiger partial charge in [0.2, 0.25) is 0 Å². The minimum absolute atomic E-state index is 0.339. The van der Waals surface area contributed by atoms with Crippen LogP contribution >= 0.6 is 27.2 Å². The van der Waals surface area contributed by atoms with E-state index < -0.39 is 17.0 Å². The molecule has 2 nitrogen and oxygen atoms in total. The number of phenolic OH excluding ortho intramolecular Hbond substituents is 1. The normalized spacial score (nSPS) is 10.7. The summed E-state index contributed by atoms with van der Waals surface area (Å²) in [4.78, 5) is 4.11. The van der Waals surface area contributed by atoms with E-state index >= 15 is 0 Å². The molecule has 132 valence electrons. The molecule has 0 amide bonds. The van der Waals surface area contributed by atoms with E-state index in [1.165, 1.54) is 5.30 Å². The molecule has 3 aromatic carbocycles. The fourth-order valence-electron chi connectivity index (χ4n) is 2.45. The van der Waals surface area contributed by atoms with Crippen molar-refractivity contribution in [2.24, 2.45) is 4.99 Å². The Morgan fingerprint density at radius 1 is 0.885 bits per heavy atom. The monoisotopic (exact) mass is 437 g/mol. The minimum atomic E-state index is -0.556. The average molecular weight is 438 g/mol. The van der Waals surface area contributed by atoms with E-state index in [0.717, 1.165) is 22.0 Å². The zero-order valence-corrected chi connectivity index (χ0v) is 18.2. The summed E-state index contributed by atoms with van der Waals surface area (Å²) in [5.41, 5.74) is 3.37.